The van der Waals surface area contributed by atoms with Crippen LogP contribution < -0.4 is 26.2 Å². The van der Waals surface area contributed by atoms with Crippen LogP contribution in [0.4, 0.5) is 34.1 Å². The quantitative estimate of drug-likeness (QED) is 0.131. The lowest BCUT2D eigenvalue weighted by Crippen LogP contribution is -2.61. The standard InChI is InChI=1S/C58H35BN2O/c1-3-15-42(16-4-1)60-52-34-48-39(25-23-36-13-7-9-19-44(36)48)29-50(52)59-51-30-40-26-24-37-14-8-10-20-45(37)49(40)35-53(51)61(43-17-5-2-6-18-43)55-32-41(31-54(60)58(55)59)38-27-28-47-46-21-11-12-22-56(46)62-57(47)33-38/h1-35H. The lowest BCUT2D eigenvalue weighted by atomic mass is 9.33. The molecule has 0 fully saturated rings. The number of nitrogens with zero attached hydrogens (tertiary/aromatic N) is 2. The molecule has 62 heavy (non-hydrogen) atoms. The summed E-state index contributed by atoms with van der Waals surface area (Å²) in [6, 6.07) is 78.4. The van der Waals surface area contributed by atoms with E-state index in [9.17, 15) is 0 Å². The molecule has 0 unspecified atom stereocenters. The second-order valence-electron chi connectivity index (χ2n) is 16.8. The Morgan fingerprint density at radius 2 is 0.790 bits per heavy atom. The van der Waals surface area contributed by atoms with Crippen molar-refractivity contribution in [2.75, 3.05) is 9.80 Å². The van der Waals surface area contributed by atoms with E-state index < -0.39 is 0 Å². The number of hydrogen-bond donors (Lipinski definition) is 0. The molecular weight excluding hydrogens is 751 g/mol. The minimum atomic E-state index is -0.0384. The van der Waals surface area contributed by atoms with Gasteiger partial charge in [0, 0.05) is 44.9 Å². The number of hydrogen-bond acceptors (Lipinski definition) is 3. The molecule has 11 aromatic carbocycles. The Morgan fingerprint density at radius 3 is 1.37 bits per heavy atom. The van der Waals surface area contributed by atoms with Crippen LogP contribution in [-0.2, 0) is 0 Å². The second-order valence-corrected chi connectivity index (χ2v) is 16.8. The van der Waals surface area contributed by atoms with Crippen LogP contribution in [0.25, 0.3) is 76.2 Å². The summed E-state index contributed by atoms with van der Waals surface area (Å²) in [6.07, 6.45) is 0. The number of fused-ring (bicyclic) bond motifs is 13. The molecule has 14 rings (SSSR count). The van der Waals surface area contributed by atoms with Crippen LogP contribution in [0.3, 0.4) is 0 Å². The highest BCUT2D eigenvalue weighted by molar-refractivity contribution is 7.00. The van der Waals surface area contributed by atoms with Crippen LogP contribution in [0.15, 0.2) is 217 Å². The van der Waals surface area contributed by atoms with Crippen LogP contribution in [-0.4, -0.2) is 6.71 Å². The predicted octanol–water partition coefficient (Wildman–Crippen LogP) is 13.9. The van der Waals surface area contributed by atoms with Gasteiger partial charge in [0.1, 0.15) is 11.2 Å². The minimum absolute atomic E-state index is 0.0384. The maximum atomic E-state index is 6.52. The molecule has 0 spiro atoms. The van der Waals surface area contributed by atoms with E-state index in [1.165, 1.54) is 82.2 Å². The third kappa shape index (κ3) is 4.78. The van der Waals surface area contributed by atoms with Gasteiger partial charge in [-0.25, -0.2) is 0 Å². The van der Waals surface area contributed by atoms with Gasteiger partial charge in [0.25, 0.3) is 6.71 Å². The Bertz CT molecular complexity index is 3650. The van der Waals surface area contributed by atoms with Gasteiger partial charge in [0.2, 0.25) is 0 Å². The van der Waals surface area contributed by atoms with Gasteiger partial charge in [-0.1, -0.05) is 146 Å². The van der Waals surface area contributed by atoms with E-state index in [0.717, 1.165) is 44.4 Å². The lowest BCUT2D eigenvalue weighted by molar-refractivity contribution is 0.669. The largest absolute Gasteiger partial charge is 0.456 e. The number of benzene rings is 11. The number of furan rings is 1. The monoisotopic (exact) mass is 786 g/mol. The molecule has 0 saturated heterocycles. The van der Waals surface area contributed by atoms with Gasteiger partial charge in [0.05, 0.1) is 0 Å². The summed E-state index contributed by atoms with van der Waals surface area (Å²) in [5.41, 5.74) is 14.9. The molecule has 0 saturated carbocycles. The van der Waals surface area contributed by atoms with E-state index >= 15 is 0 Å². The molecule has 0 amide bonds. The highest BCUT2D eigenvalue weighted by Crippen LogP contribution is 2.48. The van der Waals surface area contributed by atoms with Crippen LogP contribution >= 0.6 is 0 Å². The summed E-state index contributed by atoms with van der Waals surface area (Å²) in [5.74, 6) is 0. The average molecular weight is 787 g/mol. The molecule has 3 nitrogen and oxygen atoms in total. The highest BCUT2D eigenvalue weighted by atomic mass is 16.3. The molecule has 12 aromatic rings. The first-order valence-electron chi connectivity index (χ1n) is 21.4. The van der Waals surface area contributed by atoms with Gasteiger partial charge in [-0.3, -0.25) is 0 Å². The fourth-order valence-electron chi connectivity index (χ4n) is 10.8. The van der Waals surface area contributed by atoms with E-state index in [-0.39, 0.29) is 6.71 Å². The topological polar surface area (TPSA) is 19.6 Å². The molecule has 1 aromatic heterocycles. The van der Waals surface area contributed by atoms with E-state index in [0.29, 0.717) is 0 Å². The first-order valence-corrected chi connectivity index (χ1v) is 21.4. The van der Waals surface area contributed by atoms with Crippen molar-refractivity contribution >= 4 is 122 Å². The van der Waals surface area contributed by atoms with Crippen molar-refractivity contribution in [2.45, 2.75) is 0 Å². The van der Waals surface area contributed by atoms with Gasteiger partial charge in [-0.05, 0) is 137 Å². The fourth-order valence-corrected chi connectivity index (χ4v) is 10.8. The average Bonchev–Trinajstić information content (AvgIpc) is 3.71. The summed E-state index contributed by atoms with van der Waals surface area (Å²) in [5, 5.41) is 12.3. The first-order chi connectivity index (χ1) is 30.7. The third-order valence-corrected chi connectivity index (χ3v) is 13.5. The van der Waals surface area contributed by atoms with E-state index in [1.807, 2.05) is 6.07 Å². The molecule has 0 N–H and O–H groups in total. The SMILES string of the molecule is c1ccc(N2c3cc4c(ccc5ccccc54)cc3B3c4cc5ccc6ccccc6c5cc4N(c4ccccc4)c4cc(-c5ccc6c(c5)oc5ccccc56)cc2c43)cc1. The third-order valence-electron chi connectivity index (χ3n) is 13.5. The van der Waals surface area contributed by atoms with Gasteiger partial charge < -0.3 is 14.2 Å². The molecule has 0 radical (unpaired) electrons. The molecular formula is C58H35BN2O. The maximum absolute atomic E-state index is 6.52. The van der Waals surface area contributed by atoms with Gasteiger partial charge in [0.15, 0.2) is 0 Å². The summed E-state index contributed by atoms with van der Waals surface area (Å²) in [6.45, 7) is -0.0384. The highest BCUT2D eigenvalue weighted by Gasteiger charge is 2.44. The summed E-state index contributed by atoms with van der Waals surface area (Å²) < 4.78 is 6.52. The zero-order valence-corrected chi connectivity index (χ0v) is 33.6. The van der Waals surface area contributed by atoms with Gasteiger partial charge in [-0.15, -0.1) is 0 Å². The predicted molar refractivity (Wildman–Crippen MR) is 263 cm³/mol. The zero-order valence-electron chi connectivity index (χ0n) is 33.6. The van der Waals surface area contributed by atoms with E-state index in [4.69, 9.17) is 4.42 Å². The van der Waals surface area contributed by atoms with E-state index in [2.05, 4.69) is 216 Å². The molecule has 2 aliphatic heterocycles. The van der Waals surface area contributed by atoms with Crippen LogP contribution in [0.5, 0.6) is 0 Å². The van der Waals surface area contributed by atoms with Crippen LogP contribution in [0.1, 0.15) is 0 Å². The number of anilines is 6. The van der Waals surface area contributed by atoms with Gasteiger partial charge in [-0.2, -0.15) is 0 Å². The van der Waals surface area contributed by atoms with Crippen molar-refractivity contribution in [3.63, 3.8) is 0 Å². The smallest absolute Gasteiger partial charge is 0.252 e. The van der Waals surface area contributed by atoms with Crippen molar-refractivity contribution in [3.8, 4) is 11.1 Å². The Balaban J connectivity index is 1.14. The number of rotatable bonds is 3. The maximum Gasteiger partial charge on any atom is 0.252 e. The molecule has 4 heteroatoms. The van der Waals surface area contributed by atoms with Crippen molar-refractivity contribution in [2.24, 2.45) is 0 Å². The van der Waals surface area contributed by atoms with Crippen molar-refractivity contribution < 1.29 is 4.42 Å². The van der Waals surface area contributed by atoms with Crippen molar-refractivity contribution in [1.82, 2.24) is 0 Å². The lowest BCUT2D eigenvalue weighted by Gasteiger charge is -2.44. The molecule has 0 atom stereocenters. The zero-order chi connectivity index (χ0) is 40.5. The first kappa shape index (κ1) is 33.7. The Morgan fingerprint density at radius 1 is 0.306 bits per heavy atom. The summed E-state index contributed by atoms with van der Waals surface area (Å²) in [7, 11) is 0. The van der Waals surface area contributed by atoms with Crippen LogP contribution in [0, 0.1) is 0 Å². The number of para-hydroxylation sites is 3. The van der Waals surface area contributed by atoms with Gasteiger partial charge >= 0.3 is 0 Å². The Hall–Kier alpha value is -8.08. The summed E-state index contributed by atoms with van der Waals surface area (Å²) in [4.78, 5) is 5.05. The van der Waals surface area contributed by atoms with Crippen molar-refractivity contribution in [3.05, 3.63) is 212 Å². The minimum Gasteiger partial charge on any atom is -0.456 e. The van der Waals surface area contributed by atoms with E-state index in [1.54, 1.807) is 0 Å². The Kier molecular flexibility index (Phi) is 6.92. The molecule has 3 heterocycles. The summed E-state index contributed by atoms with van der Waals surface area (Å²) >= 11 is 0. The normalized spacial score (nSPS) is 13.1. The Labute approximate surface area is 358 Å². The molecule has 286 valence electrons. The van der Waals surface area contributed by atoms with Crippen molar-refractivity contribution in [1.29, 1.82) is 0 Å². The molecule has 0 bridgehead atoms. The van der Waals surface area contributed by atoms with Crippen LogP contribution in [0.2, 0.25) is 0 Å². The fraction of sp³-hybridized carbons (Fsp3) is 0. The molecule has 0 aliphatic carbocycles. The molecule has 2 aliphatic rings. The second kappa shape index (κ2) is 12.7.